The maximum absolute atomic E-state index is 13.3. The van der Waals surface area contributed by atoms with Gasteiger partial charge >= 0.3 is 0 Å². The number of ether oxygens (including phenoxy) is 1. The van der Waals surface area contributed by atoms with Crippen molar-refractivity contribution in [2.75, 3.05) is 39.3 Å². The van der Waals surface area contributed by atoms with Crippen molar-refractivity contribution in [3.05, 3.63) is 12.7 Å². The molecule has 4 aliphatic carbocycles. The number of carbonyl (C=O) groups excluding carboxylic acids is 1. The van der Waals surface area contributed by atoms with Gasteiger partial charge in [0.25, 0.3) is 0 Å². The summed E-state index contributed by atoms with van der Waals surface area (Å²) in [5.74, 6) is 1.88. The second kappa shape index (κ2) is 7.90. The van der Waals surface area contributed by atoms with Gasteiger partial charge in [-0.15, -0.1) is 0 Å². The van der Waals surface area contributed by atoms with E-state index < -0.39 is 0 Å². The Labute approximate surface area is 180 Å². The molecule has 0 radical (unpaired) electrons. The van der Waals surface area contributed by atoms with Gasteiger partial charge in [-0.3, -0.25) is 9.69 Å². The third-order valence-electron chi connectivity index (χ3n) is 8.17. The summed E-state index contributed by atoms with van der Waals surface area (Å²) in [6, 6.07) is 0. The fourth-order valence-corrected chi connectivity index (χ4v) is 7.40. The van der Waals surface area contributed by atoms with Crippen molar-refractivity contribution in [2.45, 2.75) is 70.4 Å². The molecular weight excluding hydrogens is 378 g/mol. The maximum Gasteiger partial charge on any atom is 0.223 e. The van der Waals surface area contributed by atoms with Gasteiger partial charge in [0.1, 0.15) is 12.7 Å². The van der Waals surface area contributed by atoms with Crippen LogP contribution in [-0.2, 0) is 15.1 Å². The predicted octanol–water partition coefficient (Wildman–Crippen LogP) is 2.53. The predicted molar refractivity (Wildman–Crippen MR) is 114 cm³/mol. The molecule has 2 heterocycles. The molecule has 1 aliphatic heterocycles. The van der Waals surface area contributed by atoms with Crippen LogP contribution in [0.1, 0.15) is 58.8 Å². The summed E-state index contributed by atoms with van der Waals surface area (Å²) in [4.78, 5) is 22.1. The topological polar surface area (TPSA) is 63.5 Å². The average molecular weight is 416 g/mol. The van der Waals surface area contributed by atoms with E-state index in [0.29, 0.717) is 5.91 Å². The second-order valence-corrected chi connectivity index (χ2v) is 10.8. The van der Waals surface area contributed by atoms with Gasteiger partial charge in [0.05, 0.1) is 18.2 Å². The van der Waals surface area contributed by atoms with Crippen LogP contribution in [0.25, 0.3) is 0 Å². The summed E-state index contributed by atoms with van der Waals surface area (Å²) in [5.41, 5.74) is 0.283. The van der Waals surface area contributed by atoms with Crippen molar-refractivity contribution in [1.29, 1.82) is 0 Å². The molecule has 0 N–H and O–H groups in total. The van der Waals surface area contributed by atoms with Crippen molar-refractivity contribution >= 4 is 5.91 Å². The van der Waals surface area contributed by atoms with Crippen molar-refractivity contribution in [2.24, 2.45) is 17.3 Å². The smallest absolute Gasteiger partial charge is 0.223 e. The lowest BCUT2D eigenvalue weighted by molar-refractivity contribution is -0.147. The van der Waals surface area contributed by atoms with Gasteiger partial charge in [-0.2, -0.15) is 5.10 Å². The van der Waals surface area contributed by atoms with Gasteiger partial charge in [0.2, 0.25) is 5.91 Å². The zero-order chi connectivity index (χ0) is 20.8. The normalized spacial score (nSPS) is 36.0. The monoisotopic (exact) mass is 415 g/mol. The molecule has 5 fully saturated rings. The number of amides is 1. The van der Waals surface area contributed by atoms with Gasteiger partial charge in [0.15, 0.2) is 0 Å². The highest BCUT2D eigenvalue weighted by Gasteiger charge is 2.59. The van der Waals surface area contributed by atoms with E-state index in [2.05, 4.69) is 38.4 Å². The standard InChI is InChI=1S/C23H37N5O2/c1-18(2)30-8-7-26-3-5-27(6-4-26)21(29)14-22-10-19-9-20(11-22)13-23(12-19,15-22)28-17-24-16-25-28/h16-20H,3-15H2,1-2H3. The minimum atomic E-state index is 0.107. The van der Waals surface area contributed by atoms with E-state index in [4.69, 9.17) is 4.74 Å². The van der Waals surface area contributed by atoms with E-state index in [-0.39, 0.29) is 17.1 Å². The zero-order valence-corrected chi connectivity index (χ0v) is 18.6. The number of carbonyl (C=O) groups is 1. The minimum Gasteiger partial charge on any atom is -0.377 e. The molecule has 1 amide bonds. The minimum absolute atomic E-state index is 0.107. The Hall–Kier alpha value is -1.47. The van der Waals surface area contributed by atoms with E-state index >= 15 is 0 Å². The lowest BCUT2D eigenvalue weighted by Crippen LogP contribution is -2.58. The molecule has 0 spiro atoms. The molecule has 2 unspecified atom stereocenters. The van der Waals surface area contributed by atoms with Crippen molar-refractivity contribution < 1.29 is 9.53 Å². The quantitative estimate of drug-likeness (QED) is 0.685. The number of piperazine rings is 1. The van der Waals surface area contributed by atoms with E-state index in [9.17, 15) is 4.79 Å². The van der Waals surface area contributed by atoms with E-state index in [1.165, 1.54) is 32.1 Å². The molecule has 1 aromatic rings. The first kappa shape index (κ1) is 20.4. The highest BCUT2D eigenvalue weighted by Crippen LogP contribution is 2.65. The largest absolute Gasteiger partial charge is 0.377 e. The van der Waals surface area contributed by atoms with Crippen LogP contribution in [0.2, 0.25) is 0 Å². The maximum atomic E-state index is 13.3. The van der Waals surface area contributed by atoms with Crippen molar-refractivity contribution in [3.8, 4) is 0 Å². The SMILES string of the molecule is CC(C)OCCN1CCN(C(=O)CC23CC4CC(C2)CC(n2cncn2)(C4)C3)CC1. The van der Waals surface area contributed by atoms with Crippen LogP contribution in [0.4, 0.5) is 0 Å². The second-order valence-electron chi connectivity index (χ2n) is 10.8. The van der Waals surface area contributed by atoms with Gasteiger partial charge in [-0.1, -0.05) is 0 Å². The molecule has 7 nitrogen and oxygen atoms in total. The summed E-state index contributed by atoms with van der Waals surface area (Å²) in [6.45, 7) is 9.55. The van der Waals surface area contributed by atoms with Crippen LogP contribution in [0.15, 0.2) is 12.7 Å². The van der Waals surface area contributed by atoms with Gasteiger partial charge in [0, 0.05) is 39.1 Å². The molecule has 7 heteroatoms. The third kappa shape index (κ3) is 3.91. The summed E-state index contributed by atoms with van der Waals surface area (Å²) in [6.07, 6.45) is 12.0. The molecule has 1 saturated heterocycles. The Morgan fingerprint density at radius 2 is 1.87 bits per heavy atom. The number of rotatable bonds is 7. The van der Waals surface area contributed by atoms with Crippen LogP contribution in [0.5, 0.6) is 0 Å². The number of hydrogen-bond acceptors (Lipinski definition) is 5. The average Bonchev–Trinajstić information content (AvgIpc) is 3.22. The van der Waals surface area contributed by atoms with E-state index in [1.807, 2.05) is 6.33 Å². The Morgan fingerprint density at radius 3 is 2.50 bits per heavy atom. The Morgan fingerprint density at radius 1 is 1.13 bits per heavy atom. The summed E-state index contributed by atoms with van der Waals surface area (Å²) >= 11 is 0. The highest BCUT2D eigenvalue weighted by molar-refractivity contribution is 5.77. The molecule has 4 bridgehead atoms. The lowest BCUT2D eigenvalue weighted by atomic mass is 9.46. The molecule has 1 aromatic heterocycles. The fourth-order valence-electron chi connectivity index (χ4n) is 7.40. The van der Waals surface area contributed by atoms with Gasteiger partial charge < -0.3 is 9.64 Å². The van der Waals surface area contributed by atoms with Crippen molar-refractivity contribution in [1.82, 2.24) is 24.6 Å². The molecular formula is C23H37N5O2. The summed E-state index contributed by atoms with van der Waals surface area (Å²) in [5, 5.41) is 4.54. The third-order valence-corrected chi connectivity index (χ3v) is 8.17. The van der Waals surface area contributed by atoms with Crippen LogP contribution in [-0.4, -0.2) is 75.9 Å². The first-order chi connectivity index (χ1) is 14.5. The van der Waals surface area contributed by atoms with Crippen molar-refractivity contribution in [3.63, 3.8) is 0 Å². The molecule has 0 aromatic carbocycles. The molecule has 6 rings (SSSR count). The number of aromatic nitrogens is 3. The van der Waals surface area contributed by atoms with Crippen LogP contribution >= 0.6 is 0 Å². The molecule has 4 saturated carbocycles. The molecule has 30 heavy (non-hydrogen) atoms. The first-order valence-corrected chi connectivity index (χ1v) is 11.9. The Balaban J connectivity index is 1.20. The van der Waals surface area contributed by atoms with Gasteiger partial charge in [-0.05, 0) is 69.6 Å². The Bertz CT molecular complexity index is 727. The summed E-state index contributed by atoms with van der Waals surface area (Å²) in [7, 11) is 0. The van der Waals surface area contributed by atoms with Gasteiger partial charge in [-0.25, -0.2) is 9.67 Å². The fraction of sp³-hybridized carbons (Fsp3) is 0.870. The molecule has 2 atom stereocenters. The Kier molecular flexibility index (Phi) is 5.38. The summed E-state index contributed by atoms with van der Waals surface area (Å²) < 4.78 is 7.82. The highest BCUT2D eigenvalue weighted by atomic mass is 16.5. The van der Waals surface area contributed by atoms with E-state index in [0.717, 1.165) is 64.0 Å². The van der Waals surface area contributed by atoms with E-state index in [1.54, 1.807) is 6.33 Å². The zero-order valence-electron chi connectivity index (χ0n) is 18.6. The first-order valence-electron chi connectivity index (χ1n) is 11.9. The molecule has 166 valence electrons. The number of nitrogens with zero attached hydrogens (tertiary/aromatic N) is 5. The lowest BCUT2D eigenvalue weighted by Gasteiger charge is -2.62. The van der Waals surface area contributed by atoms with Crippen LogP contribution in [0.3, 0.4) is 0 Å². The number of hydrogen-bond donors (Lipinski definition) is 0. The van der Waals surface area contributed by atoms with Crippen LogP contribution in [0, 0.1) is 17.3 Å². The molecule has 5 aliphatic rings. The van der Waals surface area contributed by atoms with Crippen LogP contribution < -0.4 is 0 Å².